The summed E-state index contributed by atoms with van der Waals surface area (Å²) in [5.41, 5.74) is 1.67. The van der Waals surface area contributed by atoms with Crippen LogP contribution in [0.15, 0.2) is 85.1 Å². The first kappa shape index (κ1) is 33.8. The number of fused-ring (bicyclic) bond motifs is 2. The monoisotopic (exact) mass is 697 g/mol. The Morgan fingerprint density at radius 1 is 1.08 bits per heavy atom. The molecule has 4 aromatic rings. The number of aliphatic hydroxyl groups is 1. The van der Waals surface area contributed by atoms with Gasteiger partial charge in [0, 0.05) is 48.1 Å². The number of esters is 1. The Balaban J connectivity index is 1.25. The van der Waals surface area contributed by atoms with Crippen molar-refractivity contribution in [2.75, 3.05) is 16.4 Å². The zero-order valence-corrected chi connectivity index (χ0v) is 29.4. The largest absolute Gasteiger partial charge is 0.441 e. The van der Waals surface area contributed by atoms with Gasteiger partial charge in [0.15, 0.2) is 11.8 Å². The molecule has 2 saturated heterocycles. The van der Waals surface area contributed by atoms with E-state index in [1.165, 1.54) is 11.8 Å². The van der Waals surface area contributed by atoms with E-state index < -0.39 is 43.8 Å². The van der Waals surface area contributed by atoms with Crippen molar-refractivity contribution in [2.24, 2.45) is 5.92 Å². The fraction of sp³-hybridized carbons (Fsp3) is 0.378. The highest BCUT2D eigenvalue weighted by atomic mass is 28.4. The minimum atomic E-state index is -3.46. The van der Waals surface area contributed by atoms with Crippen LogP contribution in [0.4, 0.5) is 21.2 Å². The Morgan fingerprint density at radius 3 is 2.42 bits per heavy atom. The van der Waals surface area contributed by atoms with Crippen molar-refractivity contribution in [2.45, 2.75) is 75.7 Å². The summed E-state index contributed by atoms with van der Waals surface area (Å²) in [6.45, 7) is 6.69. The number of nitrogens with zero attached hydrogens (tertiary/aromatic N) is 5. The highest BCUT2D eigenvalue weighted by Gasteiger charge is 2.67. The van der Waals surface area contributed by atoms with E-state index in [1.807, 2.05) is 67.6 Å². The van der Waals surface area contributed by atoms with Gasteiger partial charge in [0.25, 0.3) is 5.91 Å². The molecule has 1 N–H and O–H groups in total. The molecule has 6 atom stereocenters. The SMILES string of the molecule is CC(=O)OC1CC(=O)N1c1ccc2c(c1)[C@]1(O[C@@H](CCn3cc(C(CO)c4ccccc4)nn3)[C@H]([Si](C)(C)F)[C@H]1C)C(=O)N2c1ccccc1. The molecule has 50 heavy (non-hydrogen) atoms. The summed E-state index contributed by atoms with van der Waals surface area (Å²) in [6, 6.07) is 24.1. The first-order valence-electron chi connectivity index (χ1n) is 16.9. The molecule has 3 aliphatic heterocycles. The minimum absolute atomic E-state index is 0.0595. The maximum Gasteiger partial charge on any atom is 0.304 e. The molecule has 3 aromatic carbocycles. The van der Waals surface area contributed by atoms with Crippen molar-refractivity contribution in [1.29, 1.82) is 0 Å². The van der Waals surface area contributed by atoms with E-state index in [0.717, 1.165) is 5.56 Å². The van der Waals surface area contributed by atoms with Crippen LogP contribution >= 0.6 is 0 Å². The van der Waals surface area contributed by atoms with Gasteiger partial charge in [-0.25, -0.2) is 0 Å². The molecule has 2 unspecified atom stereocenters. The Bertz CT molecular complexity index is 1920. The van der Waals surface area contributed by atoms with Crippen LogP contribution in [0.3, 0.4) is 0 Å². The van der Waals surface area contributed by atoms with Gasteiger partial charge in [-0.15, -0.1) is 5.10 Å². The number of rotatable bonds is 10. The number of ether oxygens (including phenoxy) is 2. The van der Waals surface area contributed by atoms with Crippen LogP contribution in [0, 0.1) is 5.92 Å². The van der Waals surface area contributed by atoms with Gasteiger partial charge < -0.3 is 18.7 Å². The number of amides is 2. The molecular weight excluding hydrogens is 658 g/mol. The van der Waals surface area contributed by atoms with Crippen molar-refractivity contribution in [3.05, 3.63) is 102 Å². The third-order valence-electron chi connectivity index (χ3n) is 10.3. The van der Waals surface area contributed by atoms with Crippen LogP contribution in [0.1, 0.15) is 49.4 Å². The Labute approximate surface area is 290 Å². The van der Waals surface area contributed by atoms with Gasteiger partial charge in [-0.3, -0.25) is 28.9 Å². The number of aromatic nitrogens is 3. The summed E-state index contributed by atoms with van der Waals surface area (Å²) in [5.74, 6) is -1.95. The lowest BCUT2D eigenvalue weighted by Crippen LogP contribution is -2.55. The molecule has 3 aliphatic rings. The minimum Gasteiger partial charge on any atom is -0.441 e. The number of carbonyl (C=O) groups is 3. The number of aryl methyl sites for hydroxylation is 1. The smallest absolute Gasteiger partial charge is 0.304 e. The van der Waals surface area contributed by atoms with Crippen molar-refractivity contribution in [3.63, 3.8) is 0 Å². The fourth-order valence-corrected chi connectivity index (χ4v) is 10.6. The van der Waals surface area contributed by atoms with Gasteiger partial charge in [0.05, 0.1) is 36.4 Å². The van der Waals surface area contributed by atoms with E-state index >= 15 is 4.11 Å². The Morgan fingerprint density at radius 2 is 1.78 bits per heavy atom. The van der Waals surface area contributed by atoms with E-state index in [4.69, 9.17) is 9.47 Å². The highest BCUT2D eigenvalue weighted by Crippen LogP contribution is 2.61. The molecule has 260 valence electrons. The van der Waals surface area contributed by atoms with Crippen LogP contribution in [-0.2, 0) is 36.0 Å². The van der Waals surface area contributed by atoms with Crippen LogP contribution in [-0.4, -0.2) is 65.2 Å². The van der Waals surface area contributed by atoms with E-state index in [9.17, 15) is 19.5 Å². The normalized spacial score (nSPS) is 25.2. The summed E-state index contributed by atoms with van der Waals surface area (Å²) in [4.78, 5) is 42.5. The van der Waals surface area contributed by atoms with E-state index in [-0.39, 0.29) is 30.8 Å². The number of benzene rings is 3. The second-order valence-corrected chi connectivity index (χ2v) is 17.6. The molecule has 7 rings (SSSR count). The Hall–Kier alpha value is -4.72. The standard InChI is InChI=1S/C37H40FN5O6Si/c1-23-35(50(3,4)38)32(17-18-41-21-30(39-40-41)28(22-44)25-11-7-5-8-12-25)49-37(23)29-19-27(43-33(46)20-34(43)48-24(2)45)15-16-31(29)42(36(37)47)26-13-9-6-10-14-26/h5-16,19,21,23,28,32,34-35,44H,17-18,20,22H2,1-4H3/t23-,28?,32+,34?,35-,37+/m1/s1. The van der Waals surface area contributed by atoms with Gasteiger partial charge in [-0.1, -0.05) is 60.7 Å². The quantitative estimate of drug-likeness (QED) is 0.0987. The number of aliphatic hydroxyl groups excluding tert-OH is 1. The molecular formula is C37H40FN5O6Si. The molecule has 0 bridgehead atoms. The predicted molar refractivity (Wildman–Crippen MR) is 186 cm³/mol. The van der Waals surface area contributed by atoms with Gasteiger partial charge in [0.2, 0.25) is 14.3 Å². The first-order chi connectivity index (χ1) is 23.9. The third kappa shape index (κ3) is 5.62. The molecule has 1 spiro atoms. The third-order valence-corrected chi connectivity index (χ3v) is 12.8. The molecule has 0 saturated carbocycles. The average Bonchev–Trinajstić information content (AvgIpc) is 3.74. The second-order valence-electron chi connectivity index (χ2n) is 13.8. The topological polar surface area (TPSA) is 127 Å². The zero-order chi connectivity index (χ0) is 35.4. The number of anilines is 3. The molecule has 1 aromatic heterocycles. The number of hydrogen-bond donors (Lipinski definition) is 1. The van der Waals surface area contributed by atoms with E-state index in [2.05, 4.69) is 10.3 Å². The highest BCUT2D eigenvalue weighted by molar-refractivity contribution is 6.72. The Kier molecular flexibility index (Phi) is 8.69. The maximum atomic E-state index is 16.5. The molecule has 0 aliphatic carbocycles. The van der Waals surface area contributed by atoms with Gasteiger partial charge in [-0.05, 0) is 55.4 Å². The lowest BCUT2D eigenvalue weighted by molar-refractivity contribution is -0.153. The second kappa shape index (κ2) is 12.9. The van der Waals surface area contributed by atoms with Crippen molar-refractivity contribution in [1.82, 2.24) is 15.0 Å². The average molecular weight is 698 g/mol. The predicted octanol–water partition coefficient (Wildman–Crippen LogP) is 5.57. The van der Waals surface area contributed by atoms with Gasteiger partial charge >= 0.3 is 5.97 Å². The lowest BCUT2D eigenvalue weighted by Gasteiger charge is -2.39. The first-order valence-corrected chi connectivity index (χ1v) is 19.9. The van der Waals surface area contributed by atoms with Crippen molar-refractivity contribution in [3.8, 4) is 0 Å². The molecule has 13 heteroatoms. The summed E-state index contributed by atoms with van der Waals surface area (Å²) >= 11 is 0. The molecule has 2 fully saturated rings. The van der Waals surface area contributed by atoms with Crippen LogP contribution in [0.25, 0.3) is 0 Å². The summed E-state index contributed by atoms with van der Waals surface area (Å²) in [6.07, 6.45) is 0.822. The van der Waals surface area contributed by atoms with E-state index in [0.29, 0.717) is 41.3 Å². The lowest BCUT2D eigenvalue weighted by atomic mass is 9.82. The number of hydrogen-bond acceptors (Lipinski definition) is 8. The van der Waals surface area contributed by atoms with Crippen molar-refractivity contribution < 1.29 is 33.1 Å². The summed E-state index contributed by atoms with van der Waals surface area (Å²) < 4.78 is 30.5. The van der Waals surface area contributed by atoms with Crippen molar-refractivity contribution >= 4 is 43.3 Å². The zero-order valence-electron chi connectivity index (χ0n) is 28.4. The van der Waals surface area contributed by atoms with Crippen LogP contribution in [0.5, 0.6) is 0 Å². The number of β-lactam (4-membered cyclic amide) rings is 1. The number of carbonyl (C=O) groups excluding carboxylic acids is 3. The molecule has 11 nitrogen and oxygen atoms in total. The summed E-state index contributed by atoms with van der Waals surface area (Å²) in [7, 11) is -3.46. The van der Waals surface area contributed by atoms with Gasteiger partial charge in [-0.2, -0.15) is 0 Å². The maximum absolute atomic E-state index is 16.5. The number of para-hydroxylation sites is 1. The molecule has 0 radical (unpaired) electrons. The summed E-state index contributed by atoms with van der Waals surface area (Å²) in [5, 5.41) is 18.8. The molecule has 2 amide bonds. The van der Waals surface area contributed by atoms with Crippen LogP contribution < -0.4 is 9.80 Å². The number of halogens is 1. The molecule has 4 heterocycles. The van der Waals surface area contributed by atoms with Gasteiger partial charge in [0.1, 0.15) is 0 Å². The fourth-order valence-electron chi connectivity index (χ4n) is 8.09. The van der Waals surface area contributed by atoms with Crippen LogP contribution in [0.2, 0.25) is 18.6 Å². The van der Waals surface area contributed by atoms with E-state index in [1.54, 1.807) is 47.1 Å².